The van der Waals surface area contributed by atoms with Gasteiger partial charge in [0, 0.05) is 12.7 Å². The van der Waals surface area contributed by atoms with Crippen LogP contribution in [0.4, 0.5) is 5.69 Å². The van der Waals surface area contributed by atoms with E-state index >= 15 is 0 Å². The molecule has 0 radical (unpaired) electrons. The van der Waals surface area contributed by atoms with Crippen LogP contribution >= 0.6 is 0 Å². The highest BCUT2D eigenvalue weighted by Crippen LogP contribution is 2.20. The molecule has 0 bridgehead atoms. The van der Waals surface area contributed by atoms with Crippen molar-refractivity contribution in [1.82, 2.24) is 5.32 Å². The Bertz CT molecular complexity index is 608. The molecule has 0 fully saturated rings. The van der Waals surface area contributed by atoms with Gasteiger partial charge >= 0.3 is 0 Å². The van der Waals surface area contributed by atoms with Gasteiger partial charge in [0.1, 0.15) is 0 Å². The van der Waals surface area contributed by atoms with Crippen molar-refractivity contribution in [2.45, 2.75) is 26.3 Å². The lowest BCUT2D eigenvalue weighted by molar-refractivity contribution is 0.0936. The topological polar surface area (TPSA) is 41.1 Å². The number of nitrogens with one attached hydrogen (secondary N) is 2. The van der Waals surface area contributed by atoms with E-state index in [0.29, 0.717) is 5.56 Å². The van der Waals surface area contributed by atoms with Crippen molar-refractivity contribution in [3.05, 3.63) is 65.2 Å². The van der Waals surface area contributed by atoms with Crippen LogP contribution in [0.3, 0.4) is 0 Å². The monoisotopic (exact) mass is 282 g/mol. The minimum atomic E-state index is -0.0428. The van der Waals surface area contributed by atoms with Crippen LogP contribution < -0.4 is 10.6 Å². The van der Waals surface area contributed by atoms with Gasteiger partial charge in [0.25, 0.3) is 5.91 Å². The lowest BCUT2D eigenvalue weighted by Crippen LogP contribution is -2.28. The second-order valence-corrected chi connectivity index (χ2v) is 5.14. The highest BCUT2D eigenvalue weighted by Gasteiger charge is 2.16. The molecule has 0 saturated heterocycles. The second-order valence-electron chi connectivity index (χ2n) is 5.14. The number of aryl methyl sites for hydroxylation is 1. The van der Waals surface area contributed by atoms with Crippen LogP contribution in [0.5, 0.6) is 0 Å². The van der Waals surface area contributed by atoms with E-state index in [4.69, 9.17) is 0 Å². The Morgan fingerprint density at radius 2 is 1.86 bits per heavy atom. The van der Waals surface area contributed by atoms with E-state index in [1.807, 2.05) is 62.5 Å². The summed E-state index contributed by atoms with van der Waals surface area (Å²) in [7, 11) is 1.83. The molecule has 2 rings (SSSR count). The zero-order chi connectivity index (χ0) is 15.2. The van der Waals surface area contributed by atoms with Gasteiger partial charge in [-0.05, 0) is 31.0 Å². The Hall–Kier alpha value is -2.29. The van der Waals surface area contributed by atoms with Crippen LogP contribution in [-0.4, -0.2) is 13.0 Å². The van der Waals surface area contributed by atoms with Gasteiger partial charge in [-0.2, -0.15) is 0 Å². The number of hydrogen-bond donors (Lipinski definition) is 2. The van der Waals surface area contributed by atoms with Gasteiger partial charge in [-0.15, -0.1) is 0 Å². The summed E-state index contributed by atoms with van der Waals surface area (Å²) in [6, 6.07) is 15.9. The van der Waals surface area contributed by atoms with Crippen molar-refractivity contribution in [3.8, 4) is 0 Å². The van der Waals surface area contributed by atoms with Crippen molar-refractivity contribution in [1.29, 1.82) is 0 Å². The third kappa shape index (κ3) is 3.63. The standard InChI is InChI=1S/C18H22N2O/c1-4-16(14-8-6-5-7-9-14)20-18(21)15-12-13(2)10-11-17(15)19-3/h5-12,16,19H,4H2,1-3H3,(H,20,21). The van der Waals surface area contributed by atoms with Crippen LogP contribution in [0.15, 0.2) is 48.5 Å². The Kier molecular flexibility index (Phi) is 4.99. The summed E-state index contributed by atoms with van der Waals surface area (Å²) in [5.41, 5.74) is 3.74. The van der Waals surface area contributed by atoms with Crippen molar-refractivity contribution < 1.29 is 4.79 Å². The molecule has 0 aliphatic rings. The van der Waals surface area contributed by atoms with E-state index in [2.05, 4.69) is 17.6 Å². The first kappa shape index (κ1) is 15.1. The van der Waals surface area contributed by atoms with Gasteiger partial charge in [-0.25, -0.2) is 0 Å². The fourth-order valence-electron chi connectivity index (χ4n) is 2.41. The average Bonchev–Trinajstić information content (AvgIpc) is 2.53. The van der Waals surface area contributed by atoms with Gasteiger partial charge in [0.2, 0.25) is 0 Å². The molecule has 0 aliphatic heterocycles. The Balaban J connectivity index is 2.22. The largest absolute Gasteiger partial charge is 0.387 e. The zero-order valence-electron chi connectivity index (χ0n) is 12.8. The Labute approximate surface area is 126 Å². The predicted molar refractivity (Wildman–Crippen MR) is 87.7 cm³/mol. The van der Waals surface area contributed by atoms with Crippen LogP contribution in [-0.2, 0) is 0 Å². The minimum Gasteiger partial charge on any atom is -0.387 e. The fraction of sp³-hybridized carbons (Fsp3) is 0.278. The van der Waals surface area contributed by atoms with E-state index < -0.39 is 0 Å². The zero-order valence-corrected chi connectivity index (χ0v) is 12.8. The van der Waals surface area contributed by atoms with Gasteiger partial charge in [0.15, 0.2) is 0 Å². The molecule has 0 spiro atoms. The number of benzene rings is 2. The molecule has 21 heavy (non-hydrogen) atoms. The van der Waals surface area contributed by atoms with Crippen molar-refractivity contribution in [2.24, 2.45) is 0 Å². The number of anilines is 1. The molecular formula is C18H22N2O. The van der Waals surface area contributed by atoms with E-state index in [0.717, 1.165) is 23.2 Å². The van der Waals surface area contributed by atoms with E-state index in [-0.39, 0.29) is 11.9 Å². The maximum atomic E-state index is 12.6. The minimum absolute atomic E-state index is 0.0314. The average molecular weight is 282 g/mol. The van der Waals surface area contributed by atoms with Crippen LogP contribution in [0, 0.1) is 6.92 Å². The molecule has 0 heterocycles. The summed E-state index contributed by atoms with van der Waals surface area (Å²) in [5.74, 6) is -0.0428. The van der Waals surface area contributed by atoms with Crippen molar-refractivity contribution in [3.63, 3.8) is 0 Å². The summed E-state index contributed by atoms with van der Waals surface area (Å²) in [6.07, 6.45) is 0.858. The third-order valence-electron chi connectivity index (χ3n) is 3.60. The first-order chi connectivity index (χ1) is 10.2. The highest BCUT2D eigenvalue weighted by molar-refractivity contribution is 6.00. The normalized spacial score (nSPS) is 11.8. The van der Waals surface area contributed by atoms with E-state index in [1.165, 1.54) is 0 Å². The molecule has 2 N–H and O–H groups in total. The van der Waals surface area contributed by atoms with Gasteiger partial charge < -0.3 is 10.6 Å². The first-order valence-corrected chi connectivity index (χ1v) is 7.30. The summed E-state index contributed by atoms with van der Waals surface area (Å²) in [6.45, 7) is 4.07. The summed E-state index contributed by atoms with van der Waals surface area (Å²) < 4.78 is 0. The molecule has 2 aromatic rings. The molecule has 1 amide bonds. The lowest BCUT2D eigenvalue weighted by Gasteiger charge is -2.19. The van der Waals surface area contributed by atoms with E-state index in [9.17, 15) is 4.79 Å². The number of rotatable bonds is 5. The number of carbonyl (C=O) groups excluding carboxylic acids is 1. The lowest BCUT2D eigenvalue weighted by atomic mass is 10.0. The molecular weight excluding hydrogens is 260 g/mol. The quantitative estimate of drug-likeness (QED) is 0.872. The summed E-state index contributed by atoms with van der Waals surface area (Å²) in [4.78, 5) is 12.6. The number of hydrogen-bond acceptors (Lipinski definition) is 2. The maximum absolute atomic E-state index is 12.6. The second kappa shape index (κ2) is 6.93. The SMILES string of the molecule is CCC(NC(=O)c1cc(C)ccc1NC)c1ccccc1. The fourth-order valence-corrected chi connectivity index (χ4v) is 2.41. The van der Waals surface area contributed by atoms with Crippen molar-refractivity contribution in [2.75, 3.05) is 12.4 Å². The Morgan fingerprint density at radius 1 is 1.14 bits per heavy atom. The predicted octanol–water partition coefficient (Wildman–Crippen LogP) is 3.92. The van der Waals surface area contributed by atoms with Crippen molar-refractivity contribution >= 4 is 11.6 Å². The maximum Gasteiger partial charge on any atom is 0.253 e. The summed E-state index contributed by atoms with van der Waals surface area (Å²) in [5, 5.41) is 6.20. The molecule has 0 aromatic heterocycles. The molecule has 3 nitrogen and oxygen atoms in total. The van der Waals surface area contributed by atoms with Gasteiger partial charge in [-0.1, -0.05) is 48.9 Å². The van der Waals surface area contributed by atoms with Gasteiger partial charge in [0.05, 0.1) is 11.6 Å². The first-order valence-electron chi connectivity index (χ1n) is 7.30. The van der Waals surface area contributed by atoms with E-state index in [1.54, 1.807) is 0 Å². The highest BCUT2D eigenvalue weighted by atomic mass is 16.1. The van der Waals surface area contributed by atoms with Crippen LogP contribution in [0.25, 0.3) is 0 Å². The molecule has 1 unspecified atom stereocenters. The smallest absolute Gasteiger partial charge is 0.253 e. The molecule has 0 saturated carbocycles. The number of amides is 1. The summed E-state index contributed by atoms with van der Waals surface area (Å²) >= 11 is 0. The third-order valence-corrected chi connectivity index (χ3v) is 3.60. The molecule has 0 aliphatic carbocycles. The number of carbonyl (C=O) groups is 1. The molecule has 110 valence electrons. The molecule has 3 heteroatoms. The van der Waals surface area contributed by atoms with Gasteiger partial charge in [-0.3, -0.25) is 4.79 Å². The molecule has 1 atom stereocenters. The van der Waals surface area contributed by atoms with Crippen LogP contribution in [0.2, 0.25) is 0 Å². The van der Waals surface area contributed by atoms with Crippen LogP contribution in [0.1, 0.15) is 40.9 Å². The Morgan fingerprint density at radius 3 is 2.48 bits per heavy atom. The molecule has 2 aromatic carbocycles.